The van der Waals surface area contributed by atoms with Crippen LogP contribution in [0.2, 0.25) is 6.55 Å². The van der Waals surface area contributed by atoms with Crippen LogP contribution in [-0.4, -0.2) is 9.52 Å². The molecule has 0 fully saturated rings. The van der Waals surface area contributed by atoms with E-state index in [-0.39, 0.29) is 0 Å². The Bertz CT molecular complexity index is 471. The highest BCUT2D eigenvalue weighted by Gasteiger charge is 2.15. The van der Waals surface area contributed by atoms with Gasteiger partial charge in [-0.2, -0.15) is 0 Å². The minimum absolute atomic E-state index is 0.904. The lowest BCUT2D eigenvalue weighted by atomic mass is 10.1. The summed E-state index contributed by atoms with van der Waals surface area (Å²) < 4.78 is 0. The van der Waals surface area contributed by atoms with Crippen molar-refractivity contribution in [3.8, 4) is 11.1 Å². The molecule has 84 valence electrons. The predicted octanol–water partition coefficient (Wildman–Crippen LogP) is 4.14. The van der Waals surface area contributed by atoms with Crippen LogP contribution in [0.15, 0.2) is 60.8 Å². The molecule has 0 aromatic heterocycles. The van der Waals surface area contributed by atoms with E-state index in [2.05, 4.69) is 61.7 Å². The van der Waals surface area contributed by atoms with Gasteiger partial charge in [-0.25, -0.2) is 0 Å². The van der Waals surface area contributed by atoms with Gasteiger partial charge in [0, 0.05) is 0 Å². The molecule has 0 N–H and O–H groups in total. The number of hydrogen-bond acceptors (Lipinski definition) is 0. The number of rotatable bonds is 1. The summed E-state index contributed by atoms with van der Waals surface area (Å²) in [6.45, 7) is 5.58. The first-order chi connectivity index (χ1) is 8.36. The lowest BCUT2D eigenvalue weighted by molar-refractivity contribution is 1.26. The predicted molar refractivity (Wildman–Crippen MR) is 76.5 cm³/mol. The van der Waals surface area contributed by atoms with Crippen molar-refractivity contribution < 1.29 is 0 Å². The summed E-state index contributed by atoms with van der Waals surface area (Å²) in [4.78, 5) is 0. The fraction of sp³-hybridized carbons (Fsp3) is 0.125. The van der Waals surface area contributed by atoms with Gasteiger partial charge >= 0.3 is 0 Å². The Kier molecular flexibility index (Phi) is 3.94. The SMILES string of the molecule is C=C[Si]C.c1ccc2c(c1)Cc1ccccc1-2. The van der Waals surface area contributed by atoms with Gasteiger partial charge in [-0.3, -0.25) is 0 Å². The maximum absolute atomic E-state index is 3.49. The molecule has 0 aliphatic heterocycles. The van der Waals surface area contributed by atoms with Crippen molar-refractivity contribution in [3.63, 3.8) is 0 Å². The molecule has 1 aliphatic carbocycles. The topological polar surface area (TPSA) is 0 Å². The van der Waals surface area contributed by atoms with Crippen molar-refractivity contribution in [2.75, 3.05) is 0 Å². The van der Waals surface area contributed by atoms with E-state index in [0.29, 0.717) is 0 Å². The molecule has 0 saturated carbocycles. The summed E-state index contributed by atoms with van der Waals surface area (Å²) in [6.07, 6.45) is 1.10. The maximum atomic E-state index is 3.49. The number of fused-ring (bicyclic) bond motifs is 3. The van der Waals surface area contributed by atoms with Crippen molar-refractivity contribution in [1.29, 1.82) is 0 Å². The van der Waals surface area contributed by atoms with Crippen LogP contribution in [0.25, 0.3) is 11.1 Å². The molecule has 2 aromatic rings. The van der Waals surface area contributed by atoms with E-state index in [9.17, 15) is 0 Å². The lowest BCUT2D eigenvalue weighted by Crippen LogP contribution is -1.77. The third-order valence-corrected chi connectivity index (χ3v) is 3.32. The normalized spacial score (nSPS) is 10.9. The minimum Gasteiger partial charge on any atom is -0.107 e. The zero-order valence-corrected chi connectivity index (χ0v) is 11.1. The monoisotopic (exact) mass is 236 g/mol. The molecule has 0 nitrogen and oxygen atoms in total. The minimum atomic E-state index is 0.904. The summed E-state index contributed by atoms with van der Waals surface area (Å²) in [5.74, 6) is 0. The van der Waals surface area contributed by atoms with E-state index in [1.165, 1.54) is 22.3 Å². The smallest absolute Gasteiger partial charge is 0.0660 e. The fourth-order valence-corrected chi connectivity index (χ4v) is 2.08. The van der Waals surface area contributed by atoms with Gasteiger partial charge in [-0.15, -0.1) is 12.3 Å². The van der Waals surface area contributed by atoms with Gasteiger partial charge in [0.05, 0.1) is 9.52 Å². The highest BCUT2D eigenvalue weighted by atomic mass is 28.2. The van der Waals surface area contributed by atoms with E-state index in [4.69, 9.17) is 0 Å². The molecule has 0 spiro atoms. The molecule has 3 rings (SSSR count). The molecular weight excluding hydrogens is 220 g/mol. The van der Waals surface area contributed by atoms with Crippen molar-refractivity contribution in [2.24, 2.45) is 0 Å². The van der Waals surface area contributed by atoms with Crippen LogP contribution in [0, 0.1) is 0 Å². The average Bonchev–Trinajstić information content (AvgIpc) is 2.77. The van der Waals surface area contributed by atoms with Gasteiger partial charge < -0.3 is 0 Å². The van der Waals surface area contributed by atoms with Crippen LogP contribution in [-0.2, 0) is 6.42 Å². The van der Waals surface area contributed by atoms with E-state index in [0.717, 1.165) is 15.9 Å². The Labute approximate surface area is 106 Å². The van der Waals surface area contributed by atoms with E-state index < -0.39 is 0 Å². The molecule has 0 amide bonds. The van der Waals surface area contributed by atoms with E-state index in [1.54, 1.807) is 0 Å². The standard InChI is InChI=1S/C13H10.C3H6Si/c1-3-7-12-10(5-1)9-11-6-2-4-8-13(11)12;1-3-4-2/h1-8H,9H2;3H,1H2,2H3. The van der Waals surface area contributed by atoms with Crippen LogP contribution in [0.5, 0.6) is 0 Å². The lowest BCUT2D eigenvalue weighted by Gasteiger charge is -1.98. The van der Waals surface area contributed by atoms with Crippen LogP contribution in [0.4, 0.5) is 0 Å². The second kappa shape index (κ2) is 5.64. The molecule has 2 aromatic carbocycles. The molecular formula is C16H16Si. The molecule has 0 atom stereocenters. The molecule has 17 heavy (non-hydrogen) atoms. The summed E-state index contributed by atoms with van der Waals surface area (Å²) in [5.41, 5.74) is 7.66. The fourth-order valence-electron chi connectivity index (χ4n) is 2.08. The highest BCUT2D eigenvalue weighted by Crippen LogP contribution is 2.35. The second-order valence-electron chi connectivity index (χ2n) is 3.98. The Morgan fingerprint density at radius 2 is 1.35 bits per heavy atom. The van der Waals surface area contributed by atoms with Crippen molar-refractivity contribution in [3.05, 3.63) is 71.9 Å². The third kappa shape index (κ3) is 2.56. The Hall–Kier alpha value is -1.60. The summed E-state index contributed by atoms with van der Waals surface area (Å²) in [6, 6.07) is 17.3. The van der Waals surface area contributed by atoms with E-state index >= 15 is 0 Å². The first-order valence-electron chi connectivity index (χ1n) is 5.81. The van der Waals surface area contributed by atoms with Crippen LogP contribution in [0.3, 0.4) is 0 Å². The van der Waals surface area contributed by atoms with Gasteiger partial charge in [0.25, 0.3) is 0 Å². The number of hydrogen-bond donors (Lipinski definition) is 0. The van der Waals surface area contributed by atoms with Gasteiger partial charge in [-0.05, 0) is 28.7 Å². The largest absolute Gasteiger partial charge is 0.107 e. The second-order valence-corrected chi connectivity index (χ2v) is 4.97. The highest BCUT2D eigenvalue weighted by molar-refractivity contribution is 6.39. The molecule has 0 heterocycles. The molecule has 1 heteroatoms. The van der Waals surface area contributed by atoms with Crippen LogP contribution in [0.1, 0.15) is 11.1 Å². The molecule has 0 unspecified atom stereocenters. The molecule has 1 aliphatic rings. The third-order valence-electron chi connectivity index (χ3n) is 2.91. The van der Waals surface area contributed by atoms with Crippen molar-refractivity contribution in [1.82, 2.24) is 0 Å². The summed E-state index contributed by atoms with van der Waals surface area (Å²) in [7, 11) is 0.904. The van der Waals surface area contributed by atoms with Gasteiger partial charge in [-0.1, -0.05) is 55.1 Å². The van der Waals surface area contributed by atoms with Gasteiger partial charge in [0.15, 0.2) is 0 Å². The van der Waals surface area contributed by atoms with Crippen molar-refractivity contribution >= 4 is 9.52 Å². The molecule has 0 saturated heterocycles. The van der Waals surface area contributed by atoms with Crippen molar-refractivity contribution in [2.45, 2.75) is 13.0 Å². The van der Waals surface area contributed by atoms with Gasteiger partial charge in [0.1, 0.15) is 0 Å². The Morgan fingerprint density at radius 1 is 0.941 bits per heavy atom. The number of benzene rings is 2. The zero-order valence-electron chi connectivity index (χ0n) is 10.1. The van der Waals surface area contributed by atoms with E-state index in [1.807, 2.05) is 5.70 Å². The molecule has 2 radical (unpaired) electrons. The molecule has 0 bridgehead atoms. The van der Waals surface area contributed by atoms with Gasteiger partial charge in [0.2, 0.25) is 0 Å². The first-order valence-corrected chi connectivity index (χ1v) is 7.39. The maximum Gasteiger partial charge on any atom is 0.0660 e. The van der Waals surface area contributed by atoms with Crippen LogP contribution >= 0.6 is 0 Å². The zero-order chi connectivity index (χ0) is 12.1. The average molecular weight is 236 g/mol. The summed E-state index contributed by atoms with van der Waals surface area (Å²) >= 11 is 0. The summed E-state index contributed by atoms with van der Waals surface area (Å²) in [5, 5.41) is 0. The van der Waals surface area contributed by atoms with Crippen LogP contribution < -0.4 is 0 Å². The Balaban J connectivity index is 0.000000239. The first kappa shape index (κ1) is 11.9. The quantitative estimate of drug-likeness (QED) is 0.557. The Morgan fingerprint density at radius 3 is 1.76 bits per heavy atom.